The predicted octanol–water partition coefficient (Wildman–Crippen LogP) is 4.23. The molecule has 3 aromatic heterocycles. The number of ether oxygens (including phenoxy) is 12. The summed E-state index contributed by atoms with van der Waals surface area (Å²) in [6.07, 6.45) is -37.6. The Labute approximate surface area is 699 Å². The van der Waals surface area contributed by atoms with E-state index in [-0.39, 0.29) is 48.4 Å². The lowest BCUT2D eigenvalue weighted by atomic mass is 9.85. The normalized spacial score (nSPS) is 33.8. The largest absolute Gasteiger partial charge is 0.454 e. The molecule has 47 heteroatoms. The molecule has 0 radical (unpaired) electrons. The van der Waals surface area contributed by atoms with Crippen LogP contribution in [0.15, 0.2) is 152 Å². The molecular weight excluding hydrogens is 1710 g/mol. The summed E-state index contributed by atoms with van der Waals surface area (Å²) in [5, 5.41) is 84.2. The number of aliphatic hydroxyl groups is 9. The monoisotopic (exact) mass is 1800 g/mol. The predicted molar refractivity (Wildman–Crippen MR) is 398 cm³/mol. The number of carbonyl (C=O) groups excluding carboxylic acids is 3. The minimum Gasteiger partial charge on any atom is -0.454 e. The van der Waals surface area contributed by atoms with E-state index in [4.69, 9.17) is 72.5 Å². The summed E-state index contributed by atoms with van der Waals surface area (Å²) in [7, 11) is 0. The average Bonchev–Trinajstić information content (AvgIpc) is 1.57. The Bertz CT molecular complexity index is 4920. The number of halogens is 12. The van der Waals surface area contributed by atoms with Gasteiger partial charge in [-0.1, -0.05) is 96.1 Å². The van der Waals surface area contributed by atoms with Gasteiger partial charge in [0.1, 0.15) is 53.9 Å². The van der Waals surface area contributed by atoms with Gasteiger partial charge < -0.3 is 103 Å². The summed E-state index contributed by atoms with van der Waals surface area (Å²) >= 11 is 0. The number of H-pyrrole nitrogens is 2. The SMILES string of the molecule is CC[C@@]1(C(F)F)OC(O)[C@@H]2OC(C)(C)O[C@@H]21.CC[C@@]1(C(F)F)OC(O)[C@H](O)[C@@H]1O.CC[C@@]1(C(F)F)OC(OC(=O)c2ccccc2)[C@H](OC(=O)c2ccccc2)[C@@H]1C.CC[C@@]1(C(F)F)O[C@@H](n2ccc(=O)[nH]c2=O)[C@H](OC(=O)c2ccccc2)[C@@H]1C.O=c1ccn([C@@H]2O[C@@](CO)(C(F)F)[C@@H](O)[C@H]2O)c(=O)[nH]1.O=c1ccn2c(n1)O[C@@H]1[C@H]2O[C@@](CO)(C(F)F)[C@H]1O. The minimum atomic E-state index is -3.29. The molecule has 7 fully saturated rings. The molecule has 8 aliphatic heterocycles. The first kappa shape index (κ1) is 99.4. The van der Waals surface area contributed by atoms with Crippen LogP contribution < -0.4 is 32.8 Å². The second-order valence-corrected chi connectivity index (χ2v) is 30.0. The highest BCUT2D eigenvalue weighted by molar-refractivity contribution is 5.90. The van der Waals surface area contributed by atoms with E-state index in [1.165, 1.54) is 62.7 Å². The molecule has 0 amide bonds. The van der Waals surface area contributed by atoms with Crippen LogP contribution in [0.2, 0.25) is 0 Å². The van der Waals surface area contributed by atoms with Crippen LogP contribution in [0.5, 0.6) is 6.01 Å². The molecule has 0 aliphatic carbocycles. The third-order valence-corrected chi connectivity index (χ3v) is 22.6. The summed E-state index contributed by atoms with van der Waals surface area (Å²) < 4.78 is 225. The van der Waals surface area contributed by atoms with Crippen molar-refractivity contribution in [2.24, 2.45) is 11.8 Å². The van der Waals surface area contributed by atoms with Crippen molar-refractivity contribution >= 4 is 17.9 Å². The maximum atomic E-state index is 13.9. The number of nitrogens with one attached hydrogen (secondary N) is 2. The van der Waals surface area contributed by atoms with Crippen molar-refractivity contribution in [3.8, 4) is 6.01 Å². The van der Waals surface area contributed by atoms with Gasteiger partial charge in [0.25, 0.3) is 55.2 Å². The maximum Gasteiger partial charge on any atom is 0.340 e. The standard InChI is InChI=1S/C22H22F2O5.C19H20F2N2O5.C10H12F2N2O6.C10H10F2N2O5.C10H16F2O4.C7H12F2O4/c1-3-22(21(23)24)14(2)17(27-18(25)15-10-6-4-7-11-15)20(29-22)28-19(26)16-12-8-5-9-13-16;1-3-19(17(20)21)11(2)14(27-16(25)12-7-5-4-6-8-12)15(28-19)23-10-9-13(24)22-18(23)26;11-8(12)10(3-15)6(18)5(17)7(20-10)14-2-1-4(16)13-9(14)19;11-8(12)10(3-15)6(17)5-7(19-10)14-2-1-4(16)13-9(14)18-5;1-4-10(8(11)12)6-5(7(13)16-10)14-9(2,3)15-6;1-2-7(6(8)9)4(11)3(10)5(12)13-7/h4-14,17,20-21H,3H2,1-2H3;4-11,14-15,17H,3H2,1-2H3,(H,22,24,26);1-2,5-8,15,17-18H,3H2,(H,13,16,19);1-2,5-8,15,17H,3H2;5-8,13H,4H2,1-3H3;3-6,10-12H,2H2,1H3/t14-,17+,20?,22+;11-,14+,15+,19+;5-,6+,7-,10-;5-,6-,7+,10+;5-,6+,7?,10-;3-,4+,5?,7-/m001011/s1. The van der Waals surface area contributed by atoms with Gasteiger partial charge in [-0.15, -0.1) is 0 Å². The Kier molecular flexibility index (Phi) is 32.0. The number of hydrogen-bond donors (Lipinski definition) is 11. The van der Waals surface area contributed by atoms with E-state index in [9.17, 15) is 117 Å². The first-order valence-corrected chi connectivity index (χ1v) is 38.6. The zero-order valence-electron chi connectivity index (χ0n) is 67.2. The third kappa shape index (κ3) is 19.7. The topological polar surface area (TPSA) is 489 Å². The second kappa shape index (κ2) is 40.3. The fourth-order valence-electron chi connectivity index (χ4n) is 15.1. The number of hydrogen-bond acceptors (Lipinski definition) is 30. The summed E-state index contributed by atoms with van der Waals surface area (Å²) in [5.74, 6) is -4.93. The molecule has 0 saturated carbocycles. The van der Waals surface area contributed by atoms with Gasteiger partial charge >= 0.3 is 35.3 Å². The lowest BCUT2D eigenvalue weighted by Crippen LogP contribution is -2.53. The number of rotatable bonds is 20. The van der Waals surface area contributed by atoms with Crippen molar-refractivity contribution in [3.63, 3.8) is 0 Å². The molecule has 11 heterocycles. The molecule has 24 atom stereocenters. The van der Waals surface area contributed by atoms with Crippen LogP contribution in [-0.4, -0.2) is 264 Å². The van der Waals surface area contributed by atoms with Crippen molar-refractivity contribution in [1.82, 2.24) is 28.7 Å². The number of aromatic amines is 2. The summed E-state index contributed by atoms with van der Waals surface area (Å²) in [5.41, 5.74) is -15.8. The zero-order chi connectivity index (χ0) is 92.7. The Morgan fingerprint density at radius 2 is 0.808 bits per heavy atom. The molecule has 6 aromatic rings. The molecule has 14 rings (SSSR count). The lowest BCUT2D eigenvalue weighted by molar-refractivity contribution is -0.267. The Hall–Kier alpha value is -9.41. The number of alkyl halides is 12. The maximum absolute atomic E-state index is 13.9. The van der Waals surface area contributed by atoms with Gasteiger partial charge in [-0.3, -0.25) is 38.1 Å². The van der Waals surface area contributed by atoms with Crippen LogP contribution in [0.4, 0.5) is 52.7 Å². The number of carbonyl (C=O) groups is 3. The molecule has 7 saturated heterocycles. The number of aliphatic hydroxyl groups excluding tert-OH is 9. The Balaban J connectivity index is 0.000000173. The first-order chi connectivity index (χ1) is 58.8. The van der Waals surface area contributed by atoms with E-state index in [1.807, 2.05) is 4.98 Å². The van der Waals surface area contributed by atoms with Gasteiger partial charge in [0.15, 0.2) is 77.8 Å². The van der Waals surface area contributed by atoms with Crippen LogP contribution >= 0.6 is 0 Å². The molecular formula is C78H92F12N6O29. The molecule has 125 heavy (non-hydrogen) atoms. The molecule has 11 N–H and O–H groups in total. The van der Waals surface area contributed by atoms with Crippen molar-refractivity contribution in [3.05, 3.63) is 197 Å². The van der Waals surface area contributed by atoms with Crippen LogP contribution in [0.3, 0.4) is 0 Å². The highest BCUT2D eigenvalue weighted by Gasteiger charge is 2.68. The van der Waals surface area contributed by atoms with Gasteiger partial charge in [0.05, 0.1) is 29.9 Å². The van der Waals surface area contributed by atoms with Gasteiger partial charge in [-0.25, -0.2) is 76.7 Å². The van der Waals surface area contributed by atoms with E-state index < -0.39 is 248 Å². The number of fused-ring (bicyclic) bond motifs is 4. The summed E-state index contributed by atoms with van der Waals surface area (Å²) in [4.78, 5) is 102. The van der Waals surface area contributed by atoms with Crippen molar-refractivity contribution in [2.75, 3.05) is 13.2 Å². The number of esters is 3. The van der Waals surface area contributed by atoms with Crippen molar-refractivity contribution in [2.45, 2.75) is 258 Å². The molecule has 692 valence electrons. The number of aromatic nitrogens is 6. The third-order valence-electron chi connectivity index (χ3n) is 22.6. The van der Waals surface area contributed by atoms with Gasteiger partial charge in [0, 0.05) is 48.6 Å². The highest BCUT2D eigenvalue weighted by atomic mass is 19.3. The molecule has 8 aliphatic rings. The van der Waals surface area contributed by atoms with Crippen LogP contribution in [-0.2, 0) is 52.1 Å². The zero-order valence-corrected chi connectivity index (χ0v) is 67.2. The molecule has 35 nitrogen and oxygen atoms in total. The molecule has 0 spiro atoms. The van der Waals surface area contributed by atoms with E-state index in [2.05, 4.69) is 14.7 Å². The number of benzene rings is 3. The van der Waals surface area contributed by atoms with E-state index in [0.717, 1.165) is 35.2 Å². The van der Waals surface area contributed by atoms with Crippen molar-refractivity contribution in [1.29, 1.82) is 0 Å². The van der Waals surface area contributed by atoms with Crippen LogP contribution in [0.25, 0.3) is 0 Å². The van der Waals surface area contributed by atoms with Gasteiger partial charge in [-0.2, -0.15) is 4.98 Å². The number of nitrogens with zero attached hydrogens (tertiary/aromatic N) is 4. The fourth-order valence-corrected chi connectivity index (χ4v) is 15.1. The van der Waals surface area contributed by atoms with E-state index in [1.54, 1.807) is 94.4 Å². The Morgan fingerprint density at radius 3 is 1.22 bits per heavy atom. The first-order valence-electron chi connectivity index (χ1n) is 38.6. The fraction of sp³-hybridized carbons (Fsp3) is 0.577. The quantitative estimate of drug-likeness (QED) is 0.0289. The van der Waals surface area contributed by atoms with Crippen LogP contribution in [0, 0.1) is 11.8 Å². The molecule has 3 unspecified atom stereocenters. The van der Waals surface area contributed by atoms with Gasteiger partial charge in [0.2, 0.25) is 6.29 Å². The lowest BCUT2D eigenvalue weighted by Gasteiger charge is -2.32. The molecule has 3 aromatic carbocycles. The summed E-state index contributed by atoms with van der Waals surface area (Å²) in [6.45, 7) is 10.0. The highest BCUT2D eigenvalue weighted by Crippen LogP contribution is 2.52. The second-order valence-electron chi connectivity index (χ2n) is 30.0. The smallest absolute Gasteiger partial charge is 0.340 e. The molecule has 0 bridgehead atoms. The van der Waals surface area contributed by atoms with Gasteiger partial charge in [-0.05, 0) is 75.9 Å². The van der Waals surface area contributed by atoms with E-state index >= 15 is 0 Å². The van der Waals surface area contributed by atoms with Crippen molar-refractivity contribution < 1.29 is 170 Å². The summed E-state index contributed by atoms with van der Waals surface area (Å²) in [6, 6.07) is 27.3. The average molecular weight is 1810 g/mol. The minimum absolute atomic E-state index is 0.0371. The Morgan fingerprint density at radius 1 is 0.424 bits per heavy atom. The van der Waals surface area contributed by atoms with E-state index in [0.29, 0.717) is 4.57 Å². The van der Waals surface area contributed by atoms with Crippen LogP contribution in [0.1, 0.15) is 131 Å².